The summed E-state index contributed by atoms with van der Waals surface area (Å²) in [5, 5.41) is 14.6. The fourth-order valence-corrected chi connectivity index (χ4v) is 3.77. The molecule has 0 aromatic heterocycles. The van der Waals surface area contributed by atoms with Crippen molar-refractivity contribution in [3.63, 3.8) is 0 Å². The van der Waals surface area contributed by atoms with Gasteiger partial charge in [0.15, 0.2) is 6.61 Å². The van der Waals surface area contributed by atoms with Crippen LogP contribution in [0.2, 0.25) is 0 Å². The topological polar surface area (TPSA) is 120 Å². The van der Waals surface area contributed by atoms with Gasteiger partial charge >= 0.3 is 5.97 Å². The number of esters is 1. The summed E-state index contributed by atoms with van der Waals surface area (Å²) in [6, 6.07) is 15.5. The van der Waals surface area contributed by atoms with E-state index >= 15 is 0 Å². The van der Waals surface area contributed by atoms with Crippen molar-refractivity contribution in [3.8, 4) is 11.5 Å². The van der Waals surface area contributed by atoms with Crippen LogP contribution < -0.4 is 14.9 Å². The molecule has 0 aliphatic heterocycles. The molecule has 34 heavy (non-hydrogen) atoms. The number of aryl methyl sites for hydroxylation is 2. The van der Waals surface area contributed by atoms with Gasteiger partial charge in [-0.1, -0.05) is 18.2 Å². The van der Waals surface area contributed by atoms with E-state index in [4.69, 9.17) is 9.47 Å². The Bertz CT molecular complexity index is 1230. The van der Waals surface area contributed by atoms with E-state index in [1.807, 2.05) is 26.0 Å². The SMILES string of the molecule is Cc1cc(C)c(OCC(=O)N/N=C\c2cccc(OC(=O)c3ccc([N+](=O)[O-])cc3)c2)c(Br)c1. The average molecular weight is 526 g/mol. The number of benzene rings is 3. The molecule has 3 aromatic carbocycles. The maximum atomic E-state index is 12.3. The van der Waals surface area contributed by atoms with Crippen LogP contribution in [0.15, 0.2) is 70.2 Å². The van der Waals surface area contributed by atoms with Crippen LogP contribution in [0.3, 0.4) is 0 Å². The molecule has 0 unspecified atom stereocenters. The molecule has 0 atom stereocenters. The first-order valence-electron chi connectivity index (χ1n) is 10.0. The molecule has 0 saturated heterocycles. The molecule has 9 nitrogen and oxygen atoms in total. The van der Waals surface area contributed by atoms with Gasteiger partial charge in [0, 0.05) is 12.1 Å². The number of halogens is 1. The van der Waals surface area contributed by atoms with Crippen LogP contribution in [0.5, 0.6) is 11.5 Å². The van der Waals surface area contributed by atoms with Crippen LogP contribution in [-0.4, -0.2) is 29.6 Å². The maximum absolute atomic E-state index is 12.3. The summed E-state index contributed by atoms with van der Waals surface area (Å²) in [4.78, 5) is 34.5. The van der Waals surface area contributed by atoms with Crippen molar-refractivity contribution in [2.75, 3.05) is 6.61 Å². The van der Waals surface area contributed by atoms with Crippen molar-refractivity contribution in [2.24, 2.45) is 5.10 Å². The van der Waals surface area contributed by atoms with Gasteiger partial charge in [0.05, 0.1) is 21.2 Å². The molecule has 10 heteroatoms. The molecule has 0 radical (unpaired) electrons. The van der Waals surface area contributed by atoms with Crippen LogP contribution >= 0.6 is 15.9 Å². The van der Waals surface area contributed by atoms with E-state index in [0.29, 0.717) is 11.3 Å². The van der Waals surface area contributed by atoms with E-state index in [1.165, 1.54) is 30.5 Å². The highest BCUT2D eigenvalue weighted by atomic mass is 79.9. The highest BCUT2D eigenvalue weighted by Gasteiger charge is 2.12. The van der Waals surface area contributed by atoms with Gasteiger partial charge in [-0.2, -0.15) is 5.10 Å². The van der Waals surface area contributed by atoms with Gasteiger partial charge in [0.2, 0.25) is 0 Å². The lowest BCUT2D eigenvalue weighted by molar-refractivity contribution is -0.384. The molecule has 3 aromatic rings. The lowest BCUT2D eigenvalue weighted by Gasteiger charge is -2.11. The van der Waals surface area contributed by atoms with Gasteiger partial charge in [-0.15, -0.1) is 0 Å². The van der Waals surface area contributed by atoms with Gasteiger partial charge in [-0.3, -0.25) is 14.9 Å². The standard InChI is InChI=1S/C24H20BrN3O6/c1-15-10-16(2)23(21(25)11-15)33-14-22(29)27-26-13-17-4-3-5-20(12-17)34-24(30)18-6-8-19(9-7-18)28(31)32/h3-13H,14H2,1-2H3,(H,27,29)/b26-13-. The maximum Gasteiger partial charge on any atom is 0.343 e. The number of nitrogens with zero attached hydrogens (tertiary/aromatic N) is 2. The Kier molecular flexibility index (Phi) is 8.10. The Morgan fingerprint density at radius 3 is 2.53 bits per heavy atom. The normalized spacial score (nSPS) is 10.7. The third kappa shape index (κ3) is 6.72. The van der Waals surface area contributed by atoms with Crippen molar-refractivity contribution >= 4 is 39.7 Å². The van der Waals surface area contributed by atoms with Crippen molar-refractivity contribution in [1.29, 1.82) is 0 Å². The van der Waals surface area contributed by atoms with Crippen LogP contribution in [0.4, 0.5) is 5.69 Å². The molecule has 0 bridgehead atoms. The van der Waals surface area contributed by atoms with Gasteiger partial charge in [0.1, 0.15) is 11.5 Å². The minimum atomic E-state index is -0.660. The first-order chi connectivity index (χ1) is 16.2. The van der Waals surface area contributed by atoms with Gasteiger partial charge in [0.25, 0.3) is 11.6 Å². The summed E-state index contributed by atoms with van der Waals surface area (Å²) >= 11 is 3.43. The van der Waals surface area contributed by atoms with Crippen LogP contribution in [0.1, 0.15) is 27.0 Å². The Morgan fingerprint density at radius 2 is 1.85 bits per heavy atom. The lowest BCUT2D eigenvalue weighted by atomic mass is 10.1. The van der Waals surface area contributed by atoms with Crippen molar-refractivity contribution < 1.29 is 24.0 Å². The molecule has 1 N–H and O–H groups in total. The first kappa shape index (κ1) is 24.6. The molecule has 0 fully saturated rings. The summed E-state index contributed by atoms with van der Waals surface area (Å²) < 4.78 is 11.7. The number of nitro benzene ring substituents is 1. The summed E-state index contributed by atoms with van der Waals surface area (Å²) in [6.45, 7) is 3.64. The third-order valence-electron chi connectivity index (χ3n) is 4.51. The highest BCUT2D eigenvalue weighted by molar-refractivity contribution is 9.10. The average Bonchev–Trinajstić information content (AvgIpc) is 2.78. The zero-order valence-electron chi connectivity index (χ0n) is 18.3. The molecule has 174 valence electrons. The van der Waals surface area contributed by atoms with E-state index in [2.05, 4.69) is 26.5 Å². The number of amides is 1. The quantitative estimate of drug-likeness (QED) is 0.149. The summed E-state index contributed by atoms with van der Waals surface area (Å²) in [6.07, 6.45) is 1.40. The van der Waals surface area contributed by atoms with Gasteiger partial charge < -0.3 is 9.47 Å². The largest absolute Gasteiger partial charge is 0.482 e. The Morgan fingerprint density at radius 1 is 1.12 bits per heavy atom. The smallest absolute Gasteiger partial charge is 0.343 e. The van der Waals surface area contributed by atoms with Crippen molar-refractivity contribution in [1.82, 2.24) is 5.43 Å². The van der Waals surface area contributed by atoms with Crippen LogP contribution in [0.25, 0.3) is 0 Å². The number of non-ortho nitro benzene ring substituents is 1. The second-order valence-electron chi connectivity index (χ2n) is 7.24. The number of hydrazone groups is 1. The number of hydrogen-bond donors (Lipinski definition) is 1. The molecular weight excluding hydrogens is 506 g/mol. The number of carbonyl (C=O) groups excluding carboxylic acids is 2. The van der Waals surface area contributed by atoms with Gasteiger partial charge in [-0.05, 0) is 76.8 Å². The second kappa shape index (κ2) is 11.2. The second-order valence-corrected chi connectivity index (χ2v) is 8.09. The summed E-state index contributed by atoms with van der Waals surface area (Å²) in [5.41, 5.74) is 4.99. The number of rotatable bonds is 8. The van der Waals surface area contributed by atoms with E-state index in [9.17, 15) is 19.7 Å². The first-order valence-corrected chi connectivity index (χ1v) is 10.8. The highest BCUT2D eigenvalue weighted by Crippen LogP contribution is 2.30. The molecular formula is C24H20BrN3O6. The fraction of sp³-hybridized carbons (Fsp3) is 0.125. The Balaban J connectivity index is 1.54. The van der Waals surface area contributed by atoms with Crippen LogP contribution in [0, 0.1) is 24.0 Å². The number of hydrogen-bond acceptors (Lipinski definition) is 7. The van der Waals surface area contributed by atoms with Crippen molar-refractivity contribution in [2.45, 2.75) is 13.8 Å². The number of nitrogens with one attached hydrogen (secondary N) is 1. The summed E-state index contributed by atoms with van der Waals surface area (Å²) in [7, 11) is 0. The molecule has 0 aliphatic rings. The number of carbonyl (C=O) groups is 2. The predicted molar refractivity (Wildman–Crippen MR) is 129 cm³/mol. The Hall–Kier alpha value is -4.05. The molecule has 1 amide bonds. The number of ether oxygens (including phenoxy) is 2. The molecule has 0 heterocycles. The summed E-state index contributed by atoms with van der Waals surface area (Å²) in [5.74, 6) is -0.259. The minimum absolute atomic E-state index is 0.121. The van der Waals surface area contributed by atoms with E-state index in [-0.39, 0.29) is 23.6 Å². The van der Waals surface area contributed by atoms with E-state index in [0.717, 1.165) is 15.6 Å². The zero-order valence-corrected chi connectivity index (χ0v) is 19.9. The minimum Gasteiger partial charge on any atom is -0.482 e. The molecule has 0 saturated carbocycles. The van der Waals surface area contributed by atoms with Crippen LogP contribution in [-0.2, 0) is 4.79 Å². The number of nitro groups is 1. The predicted octanol–water partition coefficient (Wildman–Crippen LogP) is 4.72. The third-order valence-corrected chi connectivity index (χ3v) is 5.10. The lowest BCUT2D eigenvalue weighted by Crippen LogP contribution is -2.24. The van der Waals surface area contributed by atoms with Crippen molar-refractivity contribution in [3.05, 3.63) is 97.5 Å². The monoisotopic (exact) mass is 525 g/mol. The molecule has 0 aliphatic carbocycles. The molecule has 3 rings (SSSR count). The fourth-order valence-electron chi connectivity index (χ4n) is 2.98. The zero-order chi connectivity index (χ0) is 24.7. The van der Waals surface area contributed by atoms with Gasteiger partial charge in [-0.25, -0.2) is 10.2 Å². The van der Waals surface area contributed by atoms with E-state index < -0.39 is 16.8 Å². The Labute approximate surface area is 203 Å². The molecule has 0 spiro atoms. The van der Waals surface area contributed by atoms with E-state index in [1.54, 1.807) is 24.3 Å².